The van der Waals surface area contributed by atoms with Gasteiger partial charge in [-0.1, -0.05) is 34.6 Å². The van der Waals surface area contributed by atoms with Crippen molar-refractivity contribution in [3.63, 3.8) is 0 Å². The Morgan fingerprint density at radius 2 is 2.19 bits per heavy atom. The van der Waals surface area contributed by atoms with Crippen LogP contribution in [0, 0.1) is 11.7 Å². The lowest BCUT2D eigenvalue weighted by Gasteiger charge is -2.47. The van der Waals surface area contributed by atoms with Gasteiger partial charge < -0.3 is 10.8 Å². The van der Waals surface area contributed by atoms with Crippen LogP contribution in [0.5, 0.6) is 0 Å². The molecule has 1 aromatic carbocycles. The maximum absolute atomic E-state index is 14.3. The second-order valence-electron chi connectivity index (χ2n) is 5.43. The smallest absolute Gasteiger partial charge is 0.155 e. The van der Waals surface area contributed by atoms with E-state index in [-0.39, 0.29) is 17.3 Å². The van der Waals surface area contributed by atoms with Crippen molar-refractivity contribution in [1.29, 1.82) is 0 Å². The lowest BCUT2D eigenvalue weighted by molar-refractivity contribution is 0.137. The number of hydrogen-bond donors (Lipinski definition) is 2. The molecule has 0 saturated heterocycles. The fourth-order valence-electron chi connectivity index (χ4n) is 2.66. The van der Waals surface area contributed by atoms with Crippen molar-refractivity contribution in [3.8, 4) is 0 Å². The fourth-order valence-corrected chi connectivity index (χ4v) is 4.14. The van der Waals surface area contributed by atoms with Crippen molar-refractivity contribution in [1.82, 2.24) is 0 Å². The number of nitrogens with zero attached hydrogens (tertiary/aromatic N) is 1. The third-order valence-electron chi connectivity index (χ3n) is 4.19. The minimum Gasteiger partial charge on any atom is -0.395 e. The predicted molar refractivity (Wildman–Crippen MR) is 85.6 cm³/mol. The Hall–Kier alpha value is -0.660. The number of nitrogens with two attached hydrogens (primary N) is 1. The van der Waals surface area contributed by atoms with Gasteiger partial charge in [0.15, 0.2) is 5.17 Å². The molecule has 0 amide bonds. The highest BCUT2D eigenvalue weighted by atomic mass is 79.9. The predicted octanol–water partition coefficient (Wildman–Crippen LogP) is 3.20. The average molecular weight is 379 g/mol. The van der Waals surface area contributed by atoms with Crippen molar-refractivity contribution in [2.45, 2.75) is 24.1 Å². The first kappa shape index (κ1) is 16.7. The van der Waals surface area contributed by atoms with E-state index >= 15 is 0 Å². The van der Waals surface area contributed by atoms with Gasteiger partial charge in [0.1, 0.15) is 18.0 Å². The number of halogens is 3. The molecule has 0 aliphatic carbocycles. The molecule has 1 aliphatic rings. The van der Waals surface area contributed by atoms with E-state index in [2.05, 4.69) is 20.9 Å². The molecule has 0 aromatic heterocycles. The van der Waals surface area contributed by atoms with Gasteiger partial charge in [-0.2, -0.15) is 0 Å². The Labute approximate surface area is 135 Å². The van der Waals surface area contributed by atoms with E-state index in [9.17, 15) is 13.9 Å². The molecule has 3 nitrogen and oxygen atoms in total. The van der Waals surface area contributed by atoms with Crippen LogP contribution in [0.4, 0.5) is 8.78 Å². The molecule has 1 aromatic rings. The fraction of sp³-hybridized carbons (Fsp3) is 0.500. The Balaban J connectivity index is 2.69. The Morgan fingerprint density at radius 1 is 1.52 bits per heavy atom. The van der Waals surface area contributed by atoms with Gasteiger partial charge in [0.25, 0.3) is 0 Å². The van der Waals surface area contributed by atoms with Crippen LogP contribution in [-0.4, -0.2) is 28.3 Å². The minimum atomic E-state index is -1.43. The molecule has 2 rings (SSSR count). The largest absolute Gasteiger partial charge is 0.395 e. The van der Waals surface area contributed by atoms with Crippen molar-refractivity contribution in [2.24, 2.45) is 16.6 Å². The number of aliphatic imine (C=N–C) groups is 1. The molecule has 0 fully saturated rings. The molecule has 0 unspecified atom stereocenters. The third-order valence-corrected chi connectivity index (χ3v) is 5.93. The highest BCUT2D eigenvalue weighted by molar-refractivity contribution is 9.10. The van der Waals surface area contributed by atoms with Gasteiger partial charge in [-0.3, -0.25) is 0 Å². The summed E-state index contributed by atoms with van der Waals surface area (Å²) in [6.45, 7) is 2.45. The molecule has 0 radical (unpaired) electrons. The number of hydrogen-bond acceptors (Lipinski definition) is 4. The molecule has 3 atom stereocenters. The van der Waals surface area contributed by atoms with Crippen molar-refractivity contribution in [2.75, 3.05) is 13.3 Å². The zero-order valence-corrected chi connectivity index (χ0v) is 14.1. The zero-order valence-electron chi connectivity index (χ0n) is 11.7. The SMILES string of the molecule is C[C@@H]1[C@@](C)(CO)SC(N)=N[C@]1(CF)c1cc(Br)ccc1F. The summed E-state index contributed by atoms with van der Waals surface area (Å²) in [5, 5.41) is 9.83. The van der Waals surface area contributed by atoms with Gasteiger partial charge >= 0.3 is 0 Å². The molecule has 0 saturated carbocycles. The number of aliphatic hydroxyl groups excluding tert-OH is 1. The standard InChI is InChI=1S/C14H17BrF2N2OS/c1-8-13(2,7-20)21-12(18)19-14(8,6-16)10-5-9(15)3-4-11(10)17/h3-5,8,20H,6-7H2,1-2H3,(H2,18,19)/t8-,13-,14+/m1/s1. The molecule has 1 aliphatic heterocycles. The van der Waals surface area contributed by atoms with E-state index in [0.29, 0.717) is 4.47 Å². The van der Waals surface area contributed by atoms with Gasteiger partial charge in [0.2, 0.25) is 0 Å². The van der Waals surface area contributed by atoms with Crippen LogP contribution < -0.4 is 5.73 Å². The maximum atomic E-state index is 14.3. The van der Waals surface area contributed by atoms with Crippen LogP contribution in [0.25, 0.3) is 0 Å². The number of thioether (sulfide) groups is 1. The summed E-state index contributed by atoms with van der Waals surface area (Å²) >= 11 is 4.47. The first-order chi connectivity index (χ1) is 9.79. The normalized spacial score (nSPS) is 32.9. The van der Waals surface area contributed by atoms with Crippen LogP contribution in [-0.2, 0) is 5.54 Å². The summed E-state index contributed by atoms with van der Waals surface area (Å²) in [5.74, 6) is -0.979. The molecule has 7 heteroatoms. The van der Waals surface area contributed by atoms with Crippen molar-refractivity contribution in [3.05, 3.63) is 34.1 Å². The quantitative estimate of drug-likeness (QED) is 0.848. The zero-order chi connectivity index (χ0) is 15.8. The minimum absolute atomic E-state index is 0.148. The van der Waals surface area contributed by atoms with Gasteiger partial charge in [-0.05, 0) is 25.1 Å². The molecule has 3 N–H and O–H groups in total. The van der Waals surface area contributed by atoms with Crippen LogP contribution in [0.15, 0.2) is 27.7 Å². The maximum Gasteiger partial charge on any atom is 0.155 e. The summed E-state index contributed by atoms with van der Waals surface area (Å²) in [7, 11) is 0. The molecule has 1 heterocycles. The summed E-state index contributed by atoms with van der Waals surface area (Å²) in [4.78, 5) is 4.24. The second-order valence-corrected chi connectivity index (χ2v) is 7.90. The average Bonchev–Trinajstić information content (AvgIpc) is 2.45. The third kappa shape index (κ3) is 2.71. The summed E-state index contributed by atoms with van der Waals surface area (Å²) < 4.78 is 28.2. The van der Waals surface area contributed by atoms with E-state index in [1.54, 1.807) is 19.9 Å². The lowest BCUT2D eigenvalue weighted by atomic mass is 9.73. The van der Waals surface area contributed by atoms with Crippen LogP contribution in [0.2, 0.25) is 0 Å². The molecular formula is C14H17BrF2N2OS. The van der Waals surface area contributed by atoms with Gasteiger partial charge in [-0.15, -0.1) is 0 Å². The van der Waals surface area contributed by atoms with Gasteiger partial charge in [0.05, 0.1) is 6.61 Å². The number of alkyl halides is 1. The van der Waals surface area contributed by atoms with E-state index in [1.165, 1.54) is 23.9 Å². The van der Waals surface area contributed by atoms with Gasteiger partial charge in [0, 0.05) is 20.7 Å². The van der Waals surface area contributed by atoms with E-state index in [1.807, 2.05) is 0 Å². The molecule has 21 heavy (non-hydrogen) atoms. The highest BCUT2D eigenvalue weighted by Crippen LogP contribution is 2.50. The summed E-state index contributed by atoms with van der Waals surface area (Å²) in [6, 6.07) is 4.34. The van der Waals surface area contributed by atoms with Crippen LogP contribution >= 0.6 is 27.7 Å². The Kier molecular flexibility index (Phi) is 4.66. The Morgan fingerprint density at radius 3 is 2.76 bits per heavy atom. The topological polar surface area (TPSA) is 58.6 Å². The Bertz CT molecular complexity index is 586. The second kappa shape index (κ2) is 5.85. The summed E-state index contributed by atoms with van der Waals surface area (Å²) in [5.41, 5.74) is 4.54. The van der Waals surface area contributed by atoms with Crippen LogP contribution in [0.3, 0.4) is 0 Å². The van der Waals surface area contributed by atoms with Crippen molar-refractivity contribution >= 4 is 32.9 Å². The monoisotopic (exact) mass is 378 g/mol. The molecule has 0 bridgehead atoms. The first-order valence-electron chi connectivity index (χ1n) is 6.46. The molecule has 116 valence electrons. The van der Waals surface area contributed by atoms with Crippen LogP contribution in [0.1, 0.15) is 19.4 Å². The van der Waals surface area contributed by atoms with Crippen molar-refractivity contribution < 1.29 is 13.9 Å². The van der Waals surface area contributed by atoms with E-state index < -0.39 is 28.7 Å². The first-order valence-corrected chi connectivity index (χ1v) is 8.06. The number of rotatable bonds is 3. The number of amidine groups is 1. The van der Waals surface area contributed by atoms with Gasteiger partial charge in [-0.25, -0.2) is 13.8 Å². The number of benzene rings is 1. The molecular weight excluding hydrogens is 362 g/mol. The lowest BCUT2D eigenvalue weighted by Crippen LogP contribution is -2.53. The highest BCUT2D eigenvalue weighted by Gasteiger charge is 2.52. The summed E-state index contributed by atoms with van der Waals surface area (Å²) in [6.07, 6.45) is 0. The molecule has 0 spiro atoms. The van der Waals surface area contributed by atoms with E-state index in [4.69, 9.17) is 5.73 Å². The number of aliphatic hydroxyl groups is 1. The van der Waals surface area contributed by atoms with E-state index in [0.717, 1.165) is 0 Å².